The fraction of sp³-hybridized carbons (Fsp3) is 0.345. The number of rotatable bonds is 7. The van der Waals surface area contributed by atoms with Gasteiger partial charge in [0, 0.05) is 0 Å². The molecule has 196 valence electrons. The van der Waals surface area contributed by atoms with E-state index in [-0.39, 0.29) is 29.3 Å². The molecule has 1 N–H and O–H groups in total. The maximum absolute atomic E-state index is 13.6. The zero-order chi connectivity index (χ0) is 26.9. The molecule has 0 spiro atoms. The van der Waals surface area contributed by atoms with E-state index in [0.717, 1.165) is 28.0 Å². The van der Waals surface area contributed by atoms with Gasteiger partial charge >= 0.3 is 0 Å². The Morgan fingerprint density at radius 3 is 2.38 bits per heavy atom. The molecule has 37 heavy (non-hydrogen) atoms. The van der Waals surface area contributed by atoms with E-state index < -0.39 is 16.1 Å². The fourth-order valence-electron chi connectivity index (χ4n) is 4.64. The summed E-state index contributed by atoms with van der Waals surface area (Å²) in [6.45, 7) is 9.83. The zero-order valence-corrected chi connectivity index (χ0v) is 22.9. The standard InChI is InChI=1S/C29H34N2O5S/c1-18(2)23-16-24(20(4)15-27(23)35-6)21(5)30-29(32)28-17-31(25-14-19(3)12-13-26(25)36-28)37(33,34)22-10-8-7-9-11-22/h7-16,18,21,28H,17H2,1-6H3,(H,30,32)/t21-,28+/m0/s1. The molecule has 0 radical (unpaired) electrons. The van der Waals surface area contributed by atoms with Crippen molar-refractivity contribution in [2.75, 3.05) is 18.0 Å². The van der Waals surface area contributed by atoms with Crippen LogP contribution in [0.1, 0.15) is 55.0 Å². The summed E-state index contributed by atoms with van der Waals surface area (Å²) in [7, 11) is -2.26. The van der Waals surface area contributed by atoms with Crippen molar-refractivity contribution in [2.24, 2.45) is 0 Å². The molecule has 1 amide bonds. The third kappa shape index (κ3) is 5.30. The maximum Gasteiger partial charge on any atom is 0.264 e. The Morgan fingerprint density at radius 1 is 1.03 bits per heavy atom. The highest BCUT2D eigenvalue weighted by Gasteiger charge is 2.38. The van der Waals surface area contributed by atoms with Crippen molar-refractivity contribution < 1.29 is 22.7 Å². The number of amides is 1. The Labute approximate surface area is 219 Å². The number of hydrogen-bond acceptors (Lipinski definition) is 5. The SMILES string of the molecule is COc1cc(C)c([C@H](C)NC(=O)[C@H]2CN(S(=O)(=O)c3ccccc3)c3cc(C)ccc3O2)cc1C(C)C. The van der Waals surface area contributed by atoms with Gasteiger partial charge in [0.25, 0.3) is 15.9 Å². The summed E-state index contributed by atoms with van der Waals surface area (Å²) in [5.74, 6) is 1.04. The predicted octanol–water partition coefficient (Wildman–Crippen LogP) is 5.27. The van der Waals surface area contributed by atoms with E-state index in [4.69, 9.17) is 9.47 Å². The number of aryl methyl sites for hydroxylation is 2. The topological polar surface area (TPSA) is 84.9 Å². The summed E-state index contributed by atoms with van der Waals surface area (Å²) in [5.41, 5.74) is 4.34. The van der Waals surface area contributed by atoms with Gasteiger partial charge in [-0.1, -0.05) is 38.1 Å². The molecule has 4 rings (SSSR count). The third-order valence-electron chi connectivity index (χ3n) is 6.67. The van der Waals surface area contributed by atoms with Crippen molar-refractivity contribution in [1.29, 1.82) is 0 Å². The van der Waals surface area contributed by atoms with Crippen molar-refractivity contribution in [3.63, 3.8) is 0 Å². The summed E-state index contributed by atoms with van der Waals surface area (Å²) in [6.07, 6.45) is -1.01. The number of methoxy groups -OCH3 is 1. The molecule has 7 nitrogen and oxygen atoms in total. The van der Waals surface area contributed by atoms with Crippen molar-refractivity contribution in [3.05, 3.63) is 82.9 Å². The Kier molecular flexibility index (Phi) is 7.50. The van der Waals surface area contributed by atoms with Crippen LogP contribution in [0.3, 0.4) is 0 Å². The number of carbonyl (C=O) groups is 1. The molecule has 8 heteroatoms. The second kappa shape index (κ2) is 10.5. The van der Waals surface area contributed by atoms with Gasteiger partial charge in [0.1, 0.15) is 11.5 Å². The molecule has 0 fully saturated rings. The van der Waals surface area contributed by atoms with Crippen molar-refractivity contribution in [2.45, 2.75) is 57.6 Å². The Balaban J connectivity index is 1.64. The molecule has 3 aromatic carbocycles. The highest BCUT2D eigenvalue weighted by Crippen LogP contribution is 2.38. The van der Waals surface area contributed by atoms with Gasteiger partial charge in [0.2, 0.25) is 0 Å². The summed E-state index contributed by atoms with van der Waals surface area (Å²) in [4.78, 5) is 13.6. The molecular weight excluding hydrogens is 488 g/mol. The molecule has 0 aliphatic carbocycles. The number of sulfonamides is 1. The molecule has 0 aromatic heterocycles. The number of anilines is 1. The second-order valence-electron chi connectivity index (χ2n) is 9.76. The molecule has 2 atom stereocenters. The molecule has 0 unspecified atom stereocenters. The van der Waals surface area contributed by atoms with Gasteiger partial charge in [-0.15, -0.1) is 0 Å². The number of ether oxygens (including phenoxy) is 2. The molecule has 1 heterocycles. The van der Waals surface area contributed by atoms with Gasteiger partial charge in [0.15, 0.2) is 6.10 Å². The van der Waals surface area contributed by atoms with Crippen LogP contribution in [0.5, 0.6) is 11.5 Å². The minimum absolute atomic E-state index is 0.134. The summed E-state index contributed by atoms with van der Waals surface area (Å²) in [5, 5.41) is 3.04. The molecular formula is C29H34N2O5S. The first kappa shape index (κ1) is 26.5. The highest BCUT2D eigenvalue weighted by molar-refractivity contribution is 7.92. The van der Waals surface area contributed by atoms with Crippen molar-refractivity contribution >= 4 is 21.6 Å². The first-order chi connectivity index (χ1) is 17.5. The number of carbonyl (C=O) groups excluding carboxylic acids is 1. The Hall–Kier alpha value is -3.52. The van der Waals surface area contributed by atoms with E-state index in [2.05, 4.69) is 25.2 Å². The number of benzene rings is 3. The van der Waals surface area contributed by atoms with E-state index in [1.165, 1.54) is 4.31 Å². The van der Waals surface area contributed by atoms with Crippen LogP contribution in [0.4, 0.5) is 5.69 Å². The maximum atomic E-state index is 13.6. The van der Waals surface area contributed by atoms with E-state index in [9.17, 15) is 13.2 Å². The van der Waals surface area contributed by atoms with Gasteiger partial charge in [-0.3, -0.25) is 9.10 Å². The number of nitrogens with one attached hydrogen (secondary N) is 1. The van der Waals surface area contributed by atoms with E-state index in [1.807, 2.05) is 32.9 Å². The van der Waals surface area contributed by atoms with Crippen LogP contribution < -0.4 is 19.1 Å². The lowest BCUT2D eigenvalue weighted by atomic mass is 9.93. The molecule has 0 saturated carbocycles. The normalized spacial score (nSPS) is 16.1. The summed E-state index contributed by atoms with van der Waals surface area (Å²) >= 11 is 0. The average molecular weight is 523 g/mol. The minimum atomic E-state index is -3.91. The van der Waals surface area contributed by atoms with Gasteiger partial charge in [-0.25, -0.2) is 8.42 Å². The number of fused-ring (bicyclic) bond motifs is 1. The van der Waals surface area contributed by atoms with Crippen molar-refractivity contribution in [1.82, 2.24) is 5.32 Å². The average Bonchev–Trinajstić information content (AvgIpc) is 2.87. The summed E-state index contributed by atoms with van der Waals surface area (Å²) < 4.78 is 40.1. The second-order valence-corrected chi connectivity index (χ2v) is 11.6. The fourth-order valence-corrected chi connectivity index (χ4v) is 6.13. The van der Waals surface area contributed by atoms with Gasteiger partial charge in [-0.05, 0) is 85.3 Å². The Bertz CT molecular complexity index is 1400. The summed E-state index contributed by atoms with van der Waals surface area (Å²) in [6, 6.07) is 17.3. The molecule has 1 aliphatic rings. The smallest absolute Gasteiger partial charge is 0.264 e. The molecule has 0 saturated heterocycles. The monoisotopic (exact) mass is 522 g/mol. The lowest BCUT2D eigenvalue weighted by Crippen LogP contribution is -2.51. The van der Waals surface area contributed by atoms with Crippen LogP contribution in [0.2, 0.25) is 0 Å². The van der Waals surface area contributed by atoms with Gasteiger partial charge in [0.05, 0.1) is 30.3 Å². The molecule has 1 aliphatic heterocycles. The zero-order valence-electron chi connectivity index (χ0n) is 22.1. The quantitative estimate of drug-likeness (QED) is 0.457. The molecule has 3 aromatic rings. The lowest BCUT2D eigenvalue weighted by molar-refractivity contribution is -0.128. The van der Waals surface area contributed by atoms with Crippen LogP contribution >= 0.6 is 0 Å². The highest BCUT2D eigenvalue weighted by atomic mass is 32.2. The largest absolute Gasteiger partial charge is 0.496 e. The van der Waals surface area contributed by atoms with Crippen LogP contribution in [0.15, 0.2) is 65.6 Å². The van der Waals surface area contributed by atoms with E-state index >= 15 is 0 Å². The molecule has 0 bridgehead atoms. The van der Waals surface area contributed by atoms with Gasteiger partial charge in [-0.2, -0.15) is 0 Å². The first-order valence-electron chi connectivity index (χ1n) is 12.4. The van der Waals surface area contributed by atoms with Crippen molar-refractivity contribution in [3.8, 4) is 11.5 Å². The number of hydrogen-bond donors (Lipinski definition) is 1. The third-order valence-corrected chi connectivity index (χ3v) is 8.47. The van der Waals surface area contributed by atoms with E-state index in [0.29, 0.717) is 11.4 Å². The minimum Gasteiger partial charge on any atom is -0.496 e. The van der Waals surface area contributed by atoms with Crippen LogP contribution in [0.25, 0.3) is 0 Å². The van der Waals surface area contributed by atoms with Gasteiger partial charge < -0.3 is 14.8 Å². The van der Waals surface area contributed by atoms with Crippen LogP contribution in [-0.4, -0.2) is 34.1 Å². The predicted molar refractivity (Wildman–Crippen MR) is 145 cm³/mol. The van der Waals surface area contributed by atoms with Crippen LogP contribution in [-0.2, 0) is 14.8 Å². The lowest BCUT2D eigenvalue weighted by Gasteiger charge is -2.35. The first-order valence-corrected chi connectivity index (χ1v) is 13.8. The van der Waals surface area contributed by atoms with Crippen LogP contribution in [0, 0.1) is 13.8 Å². The van der Waals surface area contributed by atoms with E-state index in [1.54, 1.807) is 49.6 Å². The Morgan fingerprint density at radius 2 is 1.73 bits per heavy atom. The number of nitrogens with zero attached hydrogens (tertiary/aromatic N) is 1.